The zero-order valence-electron chi connectivity index (χ0n) is 22.0. The fourth-order valence-electron chi connectivity index (χ4n) is 4.35. The highest BCUT2D eigenvalue weighted by molar-refractivity contribution is 7.88. The predicted octanol–water partition coefficient (Wildman–Crippen LogP) is 4.31. The maximum absolute atomic E-state index is 13.1. The van der Waals surface area contributed by atoms with Crippen LogP contribution in [0.3, 0.4) is 0 Å². The highest BCUT2D eigenvalue weighted by atomic mass is 35.5. The first-order valence-electron chi connectivity index (χ1n) is 12.2. The molecule has 2 aromatic rings. The first kappa shape index (κ1) is 32.0. The number of carbonyl (C=O) groups excluding carboxylic acids is 1. The molecule has 1 aliphatic rings. The number of carbonyl (C=O) groups is 1. The lowest BCUT2D eigenvalue weighted by Gasteiger charge is -2.31. The molecular weight excluding hydrogens is 553 g/mol. The van der Waals surface area contributed by atoms with E-state index >= 15 is 0 Å². The molecule has 0 amide bonds. The molecular formula is C26H37Cl2N3O6S. The molecule has 0 aromatic heterocycles. The van der Waals surface area contributed by atoms with Gasteiger partial charge in [0.1, 0.15) is 23.9 Å². The molecule has 0 aliphatic carbocycles. The second-order valence-electron chi connectivity index (χ2n) is 9.27. The standard InChI is InChI=1S/C26H36ClN3O6S.ClH/c1-34-20-12-18(13-21(14-20)35-2)17-36-26-16-24(28)23(27)15-22(26)25(31)6-4-5-9-30-10-7-19(8-11-30)29-37(3,32)33;/h12-16,19,29H,4-11,17,28H2,1-3H3;1H. The van der Waals surface area contributed by atoms with Gasteiger partial charge in [0.15, 0.2) is 5.78 Å². The molecule has 1 fully saturated rings. The van der Waals surface area contributed by atoms with E-state index in [9.17, 15) is 13.2 Å². The van der Waals surface area contributed by atoms with E-state index in [4.69, 9.17) is 31.5 Å². The van der Waals surface area contributed by atoms with Crippen molar-refractivity contribution in [2.45, 2.75) is 44.8 Å². The summed E-state index contributed by atoms with van der Waals surface area (Å²) in [5.74, 6) is 1.60. The second-order valence-corrected chi connectivity index (χ2v) is 11.5. The summed E-state index contributed by atoms with van der Waals surface area (Å²) in [6, 6.07) is 8.60. The third-order valence-electron chi connectivity index (χ3n) is 6.30. The van der Waals surface area contributed by atoms with Crippen LogP contribution in [0.2, 0.25) is 5.02 Å². The number of nitrogens with zero attached hydrogens (tertiary/aromatic N) is 1. The number of nitrogens with two attached hydrogens (primary N) is 1. The Balaban J connectivity index is 0.00000507. The number of halogens is 2. The Morgan fingerprint density at radius 3 is 2.29 bits per heavy atom. The van der Waals surface area contributed by atoms with Gasteiger partial charge in [-0.3, -0.25) is 4.79 Å². The van der Waals surface area contributed by atoms with Crippen molar-refractivity contribution in [2.75, 3.05) is 45.8 Å². The number of ether oxygens (including phenoxy) is 3. The number of methoxy groups -OCH3 is 2. The summed E-state index contributed by atoms with van der Waals surface area (Å²) in [6.45, 7) is 2.73. The molecule has 0 saturated carbocycles. The highest BCUT2D eigenvalue weighted by Gasteiger charge is 2.21. The Kier molecular flexibility index (Phi) is 12.4. The van der Waals surface area contributed by atoms with Gasteiger partial charge in [0.05, 0.1) is 36.7 Å². The maximum atomic E-state index is 13.1. The van der Waals surface area contributed by atoms with Crippen molar-refractivity contribution in [2.24, 2.45) is 0 Å². The van der Waals surface area contributed by atoms with Gasteiger partial charge < -0.3 is 24.8 Å². The van der Waals surface area contributed by atoms with Crippen molar-refractivity contribution in [3.05, 3.63) is 46.5 Å². The van der Waals surface area contributed by atoms with E-state index in [0.717, 1.165) is 50.9 Å². The zero-order valence-corrected chi connectivity index (χ0v) is 24.4. The van der Waals surface area contributed by atoms with Crippen molar-refractivity contribution in [3.8, 4) is 17.2 Å². The molecule has 12 heteroatoms. The Labute approximate surface area is 236 Å². The minimum atomic E-state index is -3.18. The van der Waals surface area contributed by atoms with Gasteiger partial charge in [-0.1, -0.05) is 11.6 Å². The molecule has 1 aliphatic heterocycles. The van der Waals surface area contributed by atoms with Gasteiger partial charge in [-0.25, -0.2) is 13.1 Å². The average molecular weight is 591 g/mol. The quantitative estimate of drug-likeness (QED) is 0.201. The Bertz CT molecular complexity index is 1170. The van der Waals surface area contributed by atoms with Crippen LogP contribution in [0, 0.1) is 0 Å². The monoisotopic (exact) mass is 589 g/mol. The van der Waals surface area contributed by atoms with Gasteiger partial charge in [0.2, 0.25) is 10.0 Å². The number of ketones is 1. The van der Waals surface area contributed by atoms with Gasteiger partial charge in [-0.15, -0.1) is 12.4 Å². The molecule has 9 nitrogen and oxygen atoms in total. The number of likely N-dealkylation sites (tertiary alicyclic amines) is 1. The minimum Gasteiger partial charge on any atom is -0.497 e. The number of benzene rings is 2. The van der Waals surface area contributed by atoms with Gasteiger partial charge in [-0.05, 0) is 69.1 Å². The summed E-state index contributed by atoms with van der Waals surface area (Å²) in [5.41, 5.74) is 7.55. The first-order valence-corrected chi connectivity index (χ1v) is 14.5. The number of hydrogen-bond donors (Lipinski definition) is 2. The second kappa shape index (κ2) is 14.8. The van der Waals surface area contributed by atoms with E-state index < -0.39 is 10.0 Å². The Morgan fingerprint density at radius 2 is 1.71 bits per heavy atom. The number of unbranched alkanes of at least 4 members (excludes halogenated alkanes) is 1. The van der Waals surface area contributed by atoms with E-state index in [2.05, 4.69) is 9.62 Å². The maximum Gasteiger partial charge on any atom is 0.208 e. The smallest absolute Gasteiger partial charge is 0.208 e. The Hall–Kier alpha value is -2.24. The molecule has 0 radical (unpaired) electrons. The number of nitrogens with one attached hydrogen (secondary N) is 1. The summed E-state index contributed by atoms with van der Waals surface area (Å²) >= 11 is 6.23. The lowest BCUT2D eigenvalue weighted by Crippen LogP contribution is -2.44. The fraction of sp³-hybridized carbons (Fsp3) is 0.500. The van der Waals surface area contributed by atoms with Crippen LogP contribution in [0.5, 0.6) is 17.2 Å². The molecule has 38 heavy (non-hydrogen) atoms. The zero-order chi connectivity index (χ0) is 27.0. The van der Waals surface area contributed by atoms with Crippen LogP contribution >= 0.6 is 24.0 Å². The normalized spacial score (nSPS) is 14.5. The highest BCUT2D eigenvalue weighted by Crippen LogP contribution is 2.32. The lowest BCUT2D eigenvalue weighted by molar-refractivity contribution is 0.0972. The van der Waals surface area contributed by atoms with Gasteiger partial charge >= 0.3 is 0 Å². The largest absolute Gasteiger partial charge is 0.497 e. The topological polar surface area (TPSA) is 120 Å². The summed E-state index contributed by atoms with van der Waals surface area (Å²) in [6.07, 6.45) is 4.70. The molecule has 0 spiro atoms. The van der Waals surface area contributed by atoms with Crippen molar-refractivity contribution >= 4 is 45.5 Å². The van der Waals surface area contributed by atoms with E-state index in [0.29, 0.717) is 39.9 Å². The first-order chi connectivity index (χ1) is 17.6. The molecule has 1 heterocycles. The molecule has 0 atom stereocenters. The van der Waals surface area contributed by atoms with Gasteiger partial charge in [0.25, 0.3) is 0 Å². The van der Waals surface area contributed by atoms with E-state index in [1.807, 2.05) is 12.1 Å². The van der Waals surface area contributed by atoms with Gasteiger partial charge in [0, 0.05) is 24.6 Å². The van der Waals surface area contributed by atoms with E-state index in [1.165, 1.54) is 6.26 Å². The van der Waals surface area contributed by atoms with Crippen LogP contribution in [-0.4, -0.2) is 65.3 Å². The number of anilines is 1. The third kappa shape index (κ3) is 9.81. The molecule has 212 valence electrons. The third-order valence-corrected chi connectivity index (χ3v) is 7.39. The van der Waals surface area contributed by atoms with E-state index in [-0.39, 0.29) is 30.8 Å². The summed E-state index contributed by atoms with van der Waals surface area (Å²) in [7, 11) is -0.0232. The number of hydrogen-bond acceptors (Lipinski definition) is 8. The number of nitrogen functional groups attached to an aromatic ring is 1. The van der Waals surface area contributed by atoms with Crippen LogP contribution in [0.25, 0.3) is 0 Å². The average Bonchev–Trinajstić information content (AvgIpc) is 2.86. The van der Waals surface area contributed by atoms with Crippen LogP contribution in [0.15, 0.2) is 30.3 Å². The summed E-state index contributed by atoms with van der Waals surface area (Å²) in [4.78, 5) is 15.4. The lowest BCUT2D eigenvalue weighted by atomic mass is 10.0. The van der Waals surface area contributed by atoms with Gasteiger partial charge in [-0.2, -0.15) is 0 Å². The number of Topliss-reactive ketones (excluding diaryl/α,β-unsaturated/α-hetero) is 1. The van der Waals surface area contributed by atoms with Crippen molar-refractivity contribution in [1.29, 1.82) is 0 Å². The van der Waals surface area contributed by atoms with Crippen molar-refractivity contribution in [1.82, 2.24) is 9.62 Å². The van der Waals surface area contributed by atoms with Crippen LogP contribution in [0.4, 0.5) is 5.69 Å². The Morgan fingerprint density at radius 1 is 1.08 bits per heavy atom. The molecule has 3 rings (SSSR count). The van der Waals surface area contributed by atoms with E-state index in [1.54, 1.807) is 32.4 Å². The molecule has 2 aromatic carbocycles. The number of piperidine rings is 1. The van der Waals surface area contributed by atoms with Crippen LogP contribution < -0.4 is 24.7 Å². The van der Waals surface area contributed by atoms with Crippen LogP contribution in [-0.2, 0) is 16.6 Å². The SMILES string of the molecule is COc1cc(COc2cc(N)c(Cl)cc2C(=O)CCCCN2CCC(NS(C)(=O)=O)CC2)cc(OC)c1.Cl. The minimum absolute atomic E-state index is 0. The predicted molar refractivity (Wildman–Crippen MR) is 153 cm³/mol. The van der Waals surface area contributed by atoms with Crippen LogP contribution in [0.1, 0.15) is 48.0 Å². The number of sulfonamides is 1. The van der Waals surface area contributed by atoms with Crippen molar-refractivity contribution in [3.63, 3.8) is 0 Å². The summed E-state index contributed by atoms with van der Waals surface area (Å²) < 4.78 is 42.1. The molecule has 1 saturated heterocycles. The molecule has 0 unspecified atom stereocenters. The van der Waals surface area contributed by atoms with Crippen molar-refractivity contribution < 1.29 is 27.4 Å². The summed E-state index contributed by atoms with van der Waals surface area (Å²) in [5, 5.41) is 0.310. The molecule has 3 N–H and O–H groups in total. The fourth-order valence-corrected chi connectivity index (χ4v) is 5.35. The number of rotatable bonds is 13. The molecule has 0 bridgehead atoms.